The summed E-state index contributed by atoms with van der Waals surface area (Å²) in [4.78, 5) is 15.1. The van der Waals surface area contributed by atoms with Gasteiger partial charge in [0, 0.05) is 0 Å². The zero-order chi connectivity index (χ0) is 14.2. The van der Waals surface area contributed by atoms with E-state index in [1.165, 1.54) is 0 Å². The maximum Gasteiger partial charge on any atom is 0.368 e. The topological polar surface area (TPSA) is 144 Å². The van der Waals surface area contributed by atoms with Gasteiger partial charge in [0.05, 0.1) is 12.8 Å². The van der Waals surface area contributed by atoms with Crippen molar-refractivity contribution in [2.45, 2.75) is 24.0 Å². The SMILES string of the molecule is C#CC1(O)[C@@H](O)[C@@H](CO)O[C@H]1n1ncc(N)nc1=O. The molecule has 9 heteroatoms. The first-order chi connectivity index (χ1) is 8.93. The lowest BCUT2D eigenvalue weighted by Gasteiger charge is -2.25. The number of aliphatic hydroxyl groups excluding tert-OH is 2. The summed E-state index contributed by atoms with van der Waals surface area (Å²) in [6.07, 6.45) is 2.06. The van der Waals surface area contributed by atoms with Crippen molar-refractivity contribution in [2.75, 3.05) is 12.3 Å². The van der Waals surface area contributed by atoms with Crippen molar-refractivity contribution in [1.29, 1.82) is 0 Å². The number of aromatic nitrogens is 3. The molecule has 2 rings (SSSR count). The first-order valence-electron chi connectivity index (χ1n) is 5.30. The number of hydrogen-bond acceptors (Lipinski definition) is 8. The third kappa shape index (κ3) is 1.96. The molecule has 0 spiro atoms. The molecule has 0 aromatic carbocycles. The zero-order valence-corrected chi connectivity index (χ0v) is 9.67. The van der Waals surface area contributed by atoms with Gasteiger partial charge in [0.15, 0.2) is 6.23 Å². The van der Waals surface area contributed by atoms with Crippen LogP contribution in [0.4, 0.5) is 5.82 Å². The van der Waals surface area contributed by atoms with Gasteiger partial charge in [-0.25, -0.2) is 4.79 Å². The van der Waals surface area contributed by atoms with Crippen LogP contribution in [0.2, 0.25) is 0 Å². The van der Waals surface area contributed by atoms with Crippen molar-refractivity contribution in [3.05, 3.63) is 16.7 Å². The monoisotopic (exact) mass is 268 g/mol. The van der Waals surface area contributed by atoms with E-state index < -0.39 is 36.3 Å². The highest BCUT2D eigenvalue weighted by atomic mass is 16.6. The van der Waals surface area contributed by atoms with E-state index in [0.29, 0.717) is 4.68 Å². The average Bonchev–Trinajstić information content (AvgIpc) is 2.63. The number of hydrogen-bond donors (Lipinski definition) is 4. The number of nitrogen functional groups attached to an aromatic ring is 1. The molecule has 2 heterocycles. The van der Waals surface area contributed by atoms with Gasteiger partial charge >= 0.3 is 5.69 Å². The fraction of sp³-hybridized carbons (Fsp3) is 0.500. The van der Waals surface area contributed by atoms with Crippen LogP contribution < -0.4 is 11.4 Å². The molecule has 1 unspecified atom stereocenters. The molecular weight excluding hydrogens is 256 g/mol. The number of nitrogens with two attached hydrogens (primary N) is 1. The van der Waals surface area contributed by atoms with E-state index in [1.54, 1.807) is 0 Å². The largest absolute Gasteiger partial charge is 0.394 e. The zero-order valence-electron chi connectivity index (χ0n) is 9.67. The highest BCUT2D eigenvalue weighted by Crippen LogP contribution is 2.36. The summed E-state index contributed by atoms with van der Waals surface area (Å²) < 4.78 is 5.83. The summed E-state index contributed by atoms with van der Waals surface area (Å²) in [7, 11) is 0. The molecule has 0 saturated carbocycles. The second-order valence-electron chi connectivity index (χ2n) is 4.03. The Kier molecular flexibility index (Phi) is 3.25. The summed E-state index contributed by atoms with van der Waals surface area (Å²) in [5.41, 5.74) is 2.18. The number of terminal acetylenes is 1. The molecule has 1 aromatic heterocycles. The van der Waals surface area contributed by atoms with E-state index in [4.69, 9.17) is 22.0 Å². The Labute approximate surface area is 107 Å². The molecule has 1 aromatic rings. The van der Waals surface area contributed by atoms with Crippen molar-refractivity contribution >= 4 is 5.82 Å². The normalized spacial score (nSPS) is 34.1. The molecule has 4 atom stereocenters. The Morgan fingerprint density at radius 1 is 1.68 bits per heavy atom. The van der Waals surface area contributed by atoms with Crippen LogP contribution >= 0.6 is 0 Å². The first kappa shape index (κ1) is 13.4. The van der Waals surface area contributed by atoms with Crippen LogP contribution in [0.3, 0.4) is 0 Å². The molecule has 9 nitrogen and oxygen atoms in total. The molecule has 0 radical (unpaired) electrons. The van der Waals surface area contributed by atoms with Gasteiger partial charge in [-0.1, -0.05) is 5.92 Å². The molecule has 1 aliphatic rings. The first-order valence-corrected chi connectivity index (χ1v) is 5.30. The van der Waals surface area contributed by atoms with E-state index in [-0.39, 0.29) is 5.82 Å². The Bertz CT molecular complexity index is 582. The van der Waals surface area contributed by atoms with Crippen molar-refractivity contribution in [3.8, 4) is 12.3 Å². The van der Waals surface area contributed by atoms with Crippen LogP contribution in [0.1, 0.15) is 6.23 Å². The Morgan fingerprint density at radius 3 is 2.89 bits per heavy atom. The minimum absolute atomic E-state index is 0.109. The van der Waals surface area contributed by atoms with E-state index in [9.17, 15) is 15.0 Å². The van der Waals surface area contributed by atoms with E-state index in [1.807, 2.05) is 5.92 Å². The lowest BCUT2D eigenvalue weighted by atomic mass is 9.95. The standard InChI is InChI=1S/C10H12N4O5/c1-2-10(18)7(16)5(4-15)19-8(10)14-9(17)13-6(11)3-12-14/h1,3,5,7-8,15-16,18H,4H2,(H2,11,13,17)/t5-,7+,8-,10?/m1/s1. The van der Waals surface area contributed by atoms with Crippen molar-refractivity contribution in [1.82, 2.24) is 14.8 Å². The Morgan fingerprint density at radius 2 is 2.37 bits per heavy atom. The predicted octanol–water partition coefficient (Wildman–Crippen LogP) is -3.16. The third-order valence-corrected chi connectivity index (χ3v) is 2.85. The highest BCUT2D eigenvalue weighted by Gasteiger charge is 2.56. The Hall–Kier alpha value is -1.99. The molecule has 0 amide bonds. The van der Waals surface area contributed by atoms with Crippen molar-refractivity contribution in [3.63, 3.8) is 0 Å². The van der Waals surface area contributed by atoms with E-state index in [0.717, 1.165) is 6.20 Å². The molecule has 5 N–H and O–H groups in total. The van der Waals surface area contributed by atoms with Gasteiger partial charge in [-0.2, -0.15) is 14.8 Å². The fourth-order valence-corrected chi connectivity index (χ4v) is 1.84. The molecule has 1 aliphatic heterocycles. The van der Waals surface area contributed by atoms with Gasteiger partial charge in [-0.15, -0.1) is 6.42 Å². The van der Waals surface area contributed by atoms with Crippen molar-refractivity contribution in [2.24, 2.45) is 0 Å². The number of nitrogens with zero attached hydrogens (tertiary/aromatic N) is 3. The van der Waals surface area contributed by atoms with Crippen LogP contribution in [0.5, 0.6) is 0 Å². The fourth-order valence-electron chi connectivity index (χ4n) is 1.84. The quantitative estimate of drug-likeness (QED) is 0.411. The third-order valence-electron chi connectivity index (χ3n) is 2.85. The summed E-state index contributed by atoms with van der Waals surface area (Å²) in [5, 5.41) is 32.7. The number of ether oxygens (including phenoxy) is 1. The molecule has 102 valence electrons. The van der Waals surface area contributed by atoms with Crippen LogP contribution in [0, 0.1) is 12.3 Å². The van der Waals surface area contributed by atoms with Crippen LogP contribution in [0.15, 0.2) is 11.0 Å². The van der Waals surface area contributed by atoms with Crippen LogP contribution in [-0.4, -0.2) is 54.5 Å². The lowest BCUT2D eigenvalue weighted by Crippen LogP contribution is -2.48. The predicted molar refractivity (Wildman–Crippen MR) is 61.5 cm³/mol. The number of anilines is 1. The Balaban J connectivity index is 2.49. The van der Waals surface area contributed by atoms with Crippen molar-refractivity contribution < 1.29 is 20.1 Å². The maximum absolute atomic E-state index is 11.6. The molecule has 1 saturated heterocycles. The second-order valence-corrected chi connectivity index (χ2v) is 4.03. The van der Waals surface area contributed by atoms with Gasteiger partial charge in [0.2, 0.25) is 5.60 Å². The van der Waals surface area contributed by atoms with Gasteiger partial charge in [-0.3, -0.25) is 0 Å². The molecular formula is C10H12N4O5. The number of rotatable bonds is 2. The van der Waals surface area contributed by atoms with Gasteiger partial charge in [-0.05, 0) is 0 Å². The highest BCUT2D eigenvalue weighted by molar-refractivity contribution is 5.21. The molecule has 0 aliphatic carbocycles. The summed E-state index contributed by atoms with van der Waals surface area (Å²) in [6, 6.07) is 0. The van der Waals surface area contributed by atoms with E-state index >= 15 is 0 Å². The van der Waals surface area contributed by atoms with Crippen LogP contribution in [0.25, 0.3) is 0 Å². The average molecular weight is 268 g/mol. The minimum atomic E-state index is -2.21. The second kappa shape index (κ2) is 4.60. The van der Waals surface area contributed by atoms with Crippen LogP contribution in [-0.2, 0) is 4.74 Å². The minimum Gasteiger partial charge on any atom is -0.394 e. The van der Waals surface area contributed by atoms with Gasteiger partial charge < -0.3 is 25.8 Å². The summed E-state index contributed by atoms with van der Waals surface area (Å²) in [6.45, 7) is -0.585. The smallest absolute Gasteiger partial charge is 0.368 e. The summed E-state index contributed by atoms with van der Waals surface area (Å²) in [5.74, 6) is 1.85. The summed E-state index contributed by atoms with van der Waals surface area (Å²) >= 11 is 0. The molecule has 1 fully saturated rings. The van der Waals surface area contributed by atoms with Gasteiger partial charge in [0.1, 0.15) is 18.0 Å². The maximum atomic E-state index is 11.6. The molecule has 19 heavy (non-hydrogen) atoms. The number of aliphatic hydroxyl groups is 3. The lowest BCUT2D eigenvalue weighted by molar-refractivity contribution is -0.0835. The van der Waals surface area contributed by atoms with E-state index in [2.05, 4.69) is 10.1 Å². The van der Waals surface area contributed by atoms with Gasteiger partial charge in [0.25, 0.3) is 0 Å². The molecule has 0 bridgehead atoms.